The molecule has 148 valence electrons. The summed E-state index contributed by atoms with van der Waals surface area (Å²) in [7, 11) is 0. The third kappa shape index (κ3) is 6.63. The van der Waals surface area contributed by atoms with Crippen molar-refractivity contribution in [3.8, 4) is 11.3 Å². The highest BCUT2D eigenvalue weighted by molar-refractivity contribution is 14.0. The van der Waals surface area contributed by atoms with Crippen LogP contribution < -0.4 is 10.6 Å². The predicted octanol–water partition coefficient (Wildman–Crippen LogP) is 4.13. The zero-order valence-electron chi connectivity index (χ0n) is 15.8. The van der Waals surface area contributed by atoms with Gasteiger partial charge in [0.05, 0.1) is 11.9 Å². The molecule has 2 aromatic carbocycles. The largest absolute Gasteiger partial charge is 0.357 e. The van der Waals surface area contributed by atoms with Gasteiger partial charge in [0.1, 0.15) is 18.2 Å². The molecule has 0 atom stereocenters. The second kappa shape index (κ2) is 11.4. The van der Waals surface area contributed by atoms with Crippen molar-refractivity contribution in [3.63, 3.8) is 0 Å². The highest BCUT2D eigenvalue weighted by Gasteiger charge is 2.03. The molecule has 0 aliphatic heterocycles. The molecule has 5 nitrogen and oxygen atoms in total. The van der Waals surface area contributed by atoms with Crippen LogP contribution in [0.1, 0.15) is 18.3 Å². The molecule has 1 aromatic heterocycles. The van der Waals surface area contributed by atoms with E-state index in [1.165, 1.54) is 12.1 Å². The topological polar surface area (TPSA) is 65.1 Å². The van der Waals surface area contributed by atoms with Gasteiger partial charge in [0.2, 0.25) is 0 Å². The molecule has 28 heavy (non-hydrogen) atoms. The summed E-state index contributed by atoms with van der Waals surface area (Å²) >= 11 is 0. The fourth-order valence-electron chi connectivity index (χ4n) is 2.68. The molecule has 3 rings (SSSR count). The van der Waals surface area contributed by atoms with Crippen LogP contribution in [0.4, 0.5) is 4.39 Å². The third-order valence-electron chi connectivity index (χ3n) is 4.06. The summed E-state index contributed by atoms with van der Waals surface area (Å²) in [4.78, 5) is 12.3. The fraction of sp³-hybridized carbons (Fsp3) is 0.238. The van der Waals surface area contributed by atoms with E-state index in [2.05, 4.69) is 25.6 Å². The molecule has 0 saturated heterocycles. The van der Waals surface area contributed by atoms with Crippen LogP contribution in [0.3, 0.4) is 0 Å². The zero-order valence-corrected chi connectivity index (χ0v) is 18.1. The number of H-pyrrole nitrogens is 1. The van der Waals surface area contributed by atoms with Crippen LogP contribution in [-0.4, -0.2) is 29.0 Å². The Morgan fingerprint density at radius 2 is 1.82 bits per heavy atom. The normalized spacial score (nSPS) is 11.0. The van der Waals surface area contributed by atoms with Gasteiger partial charge in [-0.25, -0.2) is 14.4 Å². The maximum atomic E-state index is 13.0. The summed E-state index contributed by atoms with van der Waals surface area (Å²) in [6.45, 7) is 3.97. The SMILES string of the molecule is CCNC(=NCc1ncc(-c2ccccc2)[nH]1)NCCc1ccc(F)cc1.I. The first-order chi connectivity index (χ1) is 13.2. The summed E-state index contributed by atoms with van der Waals surface area (Å²) in [6.07, 6.45) is 2.62. The number of aromatic amines is 1. The van der Waals surface area contributed by atoms with Crippen molar-refractivity contribution < 1.29 is 4.39 Å². The summed E-state index contributed by atoms with van der Waals surface area (Å²) in [6, 6.07) is 16.6. The number of guanidine groups is 1. The highest BCUT2D eigenvalue weighted by Crippen LogP contribution is 2.16. The third-order valence-corrected chi connectivity index (χ3v) is 4.06. The second-order valence-corrected chi connectivity index (χ2v) is 6.11. The molecule has 0 saturated carbocycles. The Labute approximate surface area is 181 Å². The number of aliphatic imine (C=N–C) groups is 1. The maximum Gasteiger partial charge on any atom is 0.191 e. The average molecular weight is 493 g/mol. The van der Waals surface area contributed by atoms with E-state index < -0.39 is 0 Å². The Morgan fingerprint density at radius 3 is 2.54 bits per heavy atom. The molecule has 7 heteroatoms. The van der Waals surface area contributed by atoms with Crippen molar-refractivity contribution in [2.24, 2.45) is 4.99 Å². The monoisotopic (exact) mass is 493 g/mol. The van der Waals surface area contributed by atoms with Crippen LogP contribution in [-0.2, 0) is 13.0 Å². The van der Waals surface area contributed by atoms with Gasteiger partial charge in [-0.2, -0.15) is 0 Å². The summed E-state index contributed by atoms with van der Waals surface area (Å²) in [5.74, 6) is 1.33. The molecule has 0 radical (unpaired) electrons. The van der Waals surface area contributed by atoms with Crippen LogP contribution in [0.15, 0.2) is 65.8 Å². The minimum Gasteiger partial charge on any atom is -0.357 e. The number of imidazole rings is 1. The number of nitrogens with zero attached hydrogens (tertiary/aromatic N) is 2. The number of benzene rings is 2. The maximum absolute atomic E-state index is 13.0. The van der Waals surface area contributed by atoms with Crippen molar-refractivity contribution in [2.75, 3.05) is 13.1 Å². The standard InChI is InChI=1S/C21H24FN5.HI/c1-2-23-21(24-13-12-16-8-10-18(22)11-9-16)26-15-20-25-14-19(27-20)17-6-4-3-5-7-17;/h3-11,14H,2,12-13,15H2,1H3,(H,25,27)(H2,23,24,26);1H. The Balaban J connectivity index is 0.00000280. The van der Waals surface area contributed by atoms with Gasteiger partial charge in [0, 0.05) is 13.1 Å². The zero-order chi connectivity index (χ0) is 18.9. The van der Waals surface area contributed by atoms with Crippen molar-refractivity contribution in [1.82, 2.24) is 20.6 Å². The Hall–Kier alpha value is -2.42. The molecule has 0 spiro atoms. The first-order valence-corrected chi connectivity index (χ1v) is 9.10. The van der Waals surface area contributed by atoms with Gasteiger partial charge in [-0.15, -0.1) is 24.0 Å². The number of halogens is 2. The number of nitrogens with one attached hydrogen (secondary N) is 3. The lowest BCUT2D eigenvalue weighted by atomic mass is 10.1. The molecular weight excluding hydrogens is 468 g/mol. The minimum absolute atomic E-state index is 0. The lowest BCUT2D eigenvalue weighted by Crippen LogP contribution is -2.38. The van der Waals surface area contributed by atoms with Crippen LogP contribution in [0.5, 0.6) is 0 Å². The Kier molecular flexibility index (Phi) is 8.93. The van der Waals surface area contributed by atoms with Gasteiger partial charge in [-0.1, -0.05) is 42.5 Å². The van der Waals surface area contributed by atoms with Crippen molar-refractivity contribution in [3.05, 3.63) is 78.0 Å². The van der Waals surface area contributed by atoms with Crippen molar-refractivity contribution in [2.45, 2.75) is 19.9 Å². The number of hydrogen-bond acceptors (Lipinski definition) is 2. The van der Waals surface area contributed by atoms with Crippen LogP contribution in [0.2, 0.25) is 0 Å². The molecule has 0 aliphatic rings. The van der Waals surface area contributed by atoms with Crippen molar-refractivity contribution >= 4 is 29.9 Å². The number of hydrogen-bond donors (Lipinski definition) is 3. The van der Waals surface area contributed by atoms with Crippen LogP contribution in [0.25, 0.3) is 11.3 Å². The highest BCUT2D eigenvalue weighted by atomic mass is 127. The van der Waals surface area contributed by atoms with Gasteiger partial charge in [-0.3, -0.25) is 0 Å². The molecular formula is C21H25FIN5. The lowest BCUT2D eigenvalue weighted by Gasteiger charge is -2.11. The van der Waals surface area contributed by atoms with E-state index in [4.69, 9.17) is 0 Å². The lowest BCUT2D eigenvalue weighted by molar-refractivity contribution is 0.626. The number of aromatic nitrogens is 2. The first kappa shape index (κ1) is 21.9. The summed E-state index contributed by atoms with van der Waals surface area (Å²) < 4.78 is 13.0. The fourth-order valence-corrected chi connectivity index (χ4v) is 2.68. The molecule has 3 N–H and O–H groups in total. The Morgan fingerprint density at radius 1 is 1.07 bits per heavy atom. The molecule has 0 bridgehead atoms. The van der Waals surface area contributed by atoms with E-state index in [0.29, 0.717) is 13.1 Å². The van der Waals surface area contributed by atoms with Gasteiger partial charge in [0.25, 0.3) is 0 Å². The number of rotatable bonds is 7. The quantitative estimate of drug-likeness (QED) is 0.264. The summed E-state index contributed by atoms with van der Waals surface area (Å²) in [5.41, 5.74) is 3.16. The smallest absolute Gasteiger partial charge is 0.191 e. The first-order valence-electron chi connectivity index (χ1n) is 9.10. The molecule has 3 aromatic rings. The molecule has 0 amide bonds. The van der Waals surface area contributed by atoms with E-state index in [-0.39, 0.29) is 29.8 Å². The minimum atomic E-state index is -0.213. The average Bonchev–Trinajstić information content (AvgIpc) is 3.17. The van der Waals surface area contributed by atoms with Crippen molar-refractivity contribution in [1.29, 1.82) is 0 Å². The van der Waals surface area contributed by atoms with E-state index >= 15 is 0 Å². The molecule has 0 fully saturated rings. The van der Waals surface area contributed by atoms with Crippen LogP contribution >= 0.6 is 24.0 Å². The van der Waals surface area contributed by atoms with E-state index in [9.17, 15) is 4.39 Å². The molecule has 0 unspecified atom stereocenters. The molecule has 0 aliphatic carbocycles. The van der Waals surface area contributed by atoms with Gasteiger partial charge >= 0.3 is 0 Å². The Bertz CT molecular complexity index is 862. The van der Waals surface area contributed by atoms with E-state index in [0.717, 1.165) is 41.6 Å². The van der Waals surface area contributed by atoms with Gasteiger partial charge in [-0.05, 0) is 36.6 Å². The summed E-state index contributed by atoms with van der Waals surface area (Å²) in [5, 5.41) is 6.52. The van der Waals surface area contributed by atoms with E-state index in [1.807, 2.05) is 43.5 Å². The van der Waals surface area contributed by atoms with Gasteiger partial charge in [0.15, 0.2) is 5.96 Å². The van der Waals surface area contributed by atoms with Crippen LogP contribution in [0, 0.1) is 5.82 Å². The second-order valence-electron chi connectivity index (χ2n) is 6.11. The van der Waals surface area contributed by atoms with Gasteiger partial charge < -0.3 is 15.6 Å². The van der Waals surface area contributed by atoms with E-state index in [1.54, 1.807) is 12.1 Å². The predicted molar refractivity (Wildman–Crippen MR) is 122 cm³/mol. The molecule has 1 heterocycles.